The fourth-order valence-electron chi connectivity index (χ4n) is 4.97. The number of hydrogen-bond donors (Lipinski definition) is 2. The quantitative estimate of drug-likeness (QED) is 0.406. The molecule has 4 rings (SSSR count). The smallest absolute Gasteiger partial charge is 0.409 e. The molecule has 2 aliphatic heterocycles. The van der Waals surface area contributed by atoms with E-state index in [1.807, 2.05) is 13.0 Å². The predicted molar refractivity (Wildman–Crippen MR) is 151 cm³/mol. The Morgan fingerprint density at radius 1 is 1.05 bits per heavy atom. The maximum atomic E-state index is 13.4. The summed E-state index contributed by atoms with van der Waals surface area (Å²) >= 11 is 0. The number of aromatic nitrogens is 1. The van der Waals surface area contributed by atoms with Crippen molar-refractivity contribution in [1.29, 1.82) is 0 Å². The second-order valence-corrected chi connectivity index (χ2v) is 10.3. The van der Waals surface area contributed by atoms with Crippen molar-refractivity contribution in [2.24, 2.45) is 0 Å². The number of benzene rings is 1. The molecule has 2 N–H and O–H groups in total. The fraction of sp³-hybridized carbons (Fsp3) is 0.483. The van der Waals surface area contributed by atoms with Gasteiger partial charge in [0.05, 0.1) is 12.1 Å². The molecule has 14 heteroatoms. The number of ether oxygens (including phenoxy) is 2. The summed E-state index contributed by atoms with van der Waals surface area (Å²) in [5.74, 6) is -2.90. The molecular weight excluding hydrogens is 562 g/mol. The highest BCUT2D eigenvalue weighted by Crippen LogP contribution is 2.27. The van der Waals surface area contributed by atoms with Gasteiger partial charge in [-0.25, -0.2) is 9.78 Å². The van der Waals surface area contributed by atoms with E-state index in [-0.39, 0.29) is 63.0 Å². The Balaban J connectivity index is 1.52. The van der Waals surface area contributed by atoms with Crippen LogP contribution in [-0.2, 0) is 23.9 Å². The number of carboxylic acids is 1. The summed E-state index contributed by atoms with van der Waals surface area (Å²) in [6.07, 6.45) is -0.109. The molecule has 1 atom stereocenters. The van der Waals surface area contributed by atoms with E-state index in [0.717, 1.165) is 10.5 Å². The minimum Gasteiger partial charge on any atom is -0.483 e. The van der Waals surface area contributed by atoms with Crippen LogP contribution in [0, 0.1) is 6.92 Å². The summed E-state index contributed by atoms with van der Waals surface area (Å²) < 4.78 is 10.8. The standard InChI is InChI=1S/C29H35N5O9/c1-3-42-29(41)33-13-11-32(12-14-33)28(40)20(8-9-26(37)38)31-27(39)22-16-23(19-7-6-18(2)15-21(19)30-22)43-17-25(36)34-10-4-5-24(34)35/h6-7,15-16,20H,3-5,8-14,17H2,1-2H3,(H,31,39)(H,37,38). The number of aliphatic carboxylic acids is 1. The van der Waals surface area contributed by atoms with Crippen molar-refractivity contribution in [2.45, 2.75) is 45.6 Å². The van der Waals surface area contributed by atoms with Crippen molar-refractivity contribution in [2.75, 3.05) is 45.9 Å². The molecule has 2 saturated heterocycles. The summed E-state index contributed by atoms with van der Waals surface area (Å²) in [5.41, 5.74) is 1.17. The topological polar surface area (TPSA) is 176 Å². The Hall–Kier alpha value is -4.75. The Morgan fingerprint density at radius 3 is 2.42 bits per heavy atom. The van der Waals surface area contributed by atoms with E-state index in [1.54, 1.807) is 19.1 Å². The molecule has 5 amide bonds. The van der Waals surface area contributed by atoms with Crippen LogP contribution in [-0.4, -0.2) is 112 Å². The summed E-state index contributed by atoms with van der Waals surface area (Å²) in [6.45, 7) is 4.53. The summed E-state index contributed by atoms with van der Waals surface area (Å²) in [4.78, 5) is 83.3. The van der Waals surface area contributed by atoms with Crippen LogP contribution in [0.15, 0.2) is 24.3 Å². The zero-order valence-corrected chi connectivity index (χ0v) is 24.2. The third kappa shape index (κ3) is 7.76. The molecular formula is C29H35N5O9. The van der Waals surface area contributed by atoms with Crippen LogP contribution in [0.5, 0.6) is 5.75 Å². The van der Waals surface area contributed by atoms with Crippen molar-refractivity contribution in [3.05, 3.63) is 35.5 Å². The first-order valence-corrected chi connectivity index (χ1v) is 14.2. The number of rotatable bonds is 10. The number of carbonyl (C=O) groups is 6. The molecule has 14 nitrogen and oxygen atoms in total. The van der Waals surface area contributed by atoms with Gasteiger partial charge in [-0.15, -0.1) is 0 Å². The largest absolute Gasteiger partial charge is 0.483 e. The number of carboxylic acid groups (broad SMARTS) is 1. The van der Waals surface area contributed by atoms with Gasteiger partial charge in [-0.3, -0.25) is 28.9 Å². The number of nitrogens with one attached hydrogen (secondary N) is 1. The number of piperazine rings is 1. The van der Waals surface area contributed by atoms with Crippen molar-refractivity contribution in [3.8, 4) is 5.75 Å². The normalized spacial score (nSPS) is 15.8. The first-order valence-electron chi connectivity index (χ1n) is 14.2. The van der Waals surface area contributed by atoms with Crippen molar-refractivity contribution in [3.63, 3.8) is 0 Å². The molecule has 1 aromatic heterocycles. The third-order valence-electron chi connectivity index (χ3n) is 7.25. The van der Waals surface area contributed by atoms with Gasteiger partial charge in [0.1, 0.15) is 17.5 Å². The van der Waals surface area contributed by atoms with E-state index in [4.69, 9.17) is 9.47 Å². The predicted octanol–water partition coefficient (Wildman–Crippen LogP) is 1.33. The molecule has 2 aromatic rings. The van der Waals surface area contributed by atoms with E-state index in [1.165, 1.54) is 15.9 Å². The van der Waals surface area contributed by atoms with Crippen molar-refractivity contribution in [1.82, 2.24) is 25.0 Å². The van der Waals surface area contributed by atoms with Crippen LogP contribution in [0.3, 0.4) is 0 Å². The van der Waals surface area contributed by atoms with Gasteiger partial charge in [-0.2, -0.15) is 0 Å². The molecule has 0 saturated carbocycles. The van der Waals surface area contributed by atoms with Gasteiger partial charge in [0, 0.05) is 57.0 Å². The second kappa shape index (κ2) is 13.9. The molecule has 2 aliphatic rings. The van der Waals surface area contributed by atoms with Crippen LogP contribution >= 0.6 is 0 Å². The number of nitrogens with zero attached hydrogens (tertiary/aromatic N) is 4. The lowest BCUT2D eigenvalue weighted by Gasteiger charge is -2.35. The molecule has 0 aliphatic carbocycles. The third-order valence-corrected chi connectivity index (χ3v) is 7.25. The van der Waals surface area contributed by atoms with E-state index in [0.29, 0.717) is 30.3 Å². The molecule has 0 spiro atoms. The van der Waals surface area contributed by atoms with Crippen LogP contribution in [0.4, 0.5) is 4.79 Å². The maximum absolute atomic E-state index is 13.4. The van der Waals surface area contributed by atoms with Gasteiger partial charge in [-0.1, -0.05) is 6.07 Å². The highest BCUT2D eigenvalue weighted by Gasteiger charge is 2.32. The minimum atomic E-state index is -1.17. The highest BCUT2D eigenvalue weighted by atomic mass is 16.6. The number of imide groups is 1. The molecule has 1 unspecified atom stereocenters. The zero-order valence-electron chi connectivity index (χ0n) is 24.2. The molecule has 2 fully saturated rings. The van der Waals surface area contributed by atoms with E-state index in [2.05, 4.69) is 10.3 Å². The number of likely N-dealkylation sites (tertiary alicyclic amines) is 1. The first kappa shape index (κ1) is 31.2. The molecule has 3 heterocycles. The number of hydrogen-bond acceptors (Lipinski definition) is 9. The zero-order chi connectivity index (χ0) is 31.1. The van der Waals surface area contributed by atoms with Gasteiger partial charge in [0.25, 0.3) is 11.8 Å². The van der Waals surface area contributed by atoms with E-state index >= 15 is 0 Å². The number of carbonyl (C=O) groups excluding carboxylic acids is 5. The van der Waals surface area contributed by atoms with Gasteiger partial charge in [0.2, 0.25) is 11.8 Å². The lowest BCUT2D eigenvalue weighted by Crippen LogP contribution is -2.56. The number of aryl methyl sites for hydroxylation is 1. The average Bonchev–Trinajstić information content (AvgIpc) is 3.42. The monoisotopic (exact) mass is 597 g/mol. The average molecular weight is 598 g/mol. The number of amides is 5. The van der Waals surface area contributed by atoms with Gasteiger partial charge in [-0.05, 0) is 44.4 Å². The molecule has 1 aromatic carbocycles. The lowest BCUT2D eigenvalue weighted by atomic mass is 10.1. The van der Waals surface area contributed by atoms with E-state index < -0.39 is 42.4 Å². The fourth-order valence-corrected chi connectivity index (χ4v) is 4.97. The maximum Gasteiger partial charge on any atom is 0.409 e. The summed E-state index contributed by atoms with van der Waals surface area (Å²) in [5, 5.41) is 12.4. The Bertz CT molecular complexity index is 1420. The summed E-state index contributed by atoms with van der Waals surface area (Å²) in [6, 6.07) is 5.49. The van der Waals surface area contributed by atoms with Crippen LogP contribution in [0.1, 0.15) is 48.7 Å². The number of fused-ring (bicyclic) bond motifs is 1. The van der Waals surface area contributed by atoms with Crippen LogP contribution in [0.2, 0.25) is 0 Å². The Morgan fingerprint density at radius 2 is 1.77 bits per heavy atom. The van der Waals surface area contributed by atoms with Crippen molar-refractivity contribution >= 4 is 46.6 Å². The van der Waals surface area contributed by atoms with E-state index in [9.17, 15) is 33.9 Å². The SMILES string of the molecule is CCOC(=O)N1CCN(C(=O)C(CCC(=O)O)NC(=O)c2cc(OCC(=O)N3CCCC3=O)c3ccc(C)cc3n2)CC1. The van der Waals surface area contributed by atoms with Crippen LogP contribution < -0.4 is 10.1 Å². The molecule has 43 heavy (non-hydrogen) atoms. The first-order chi connectivity index (χ1) is 20.6. The van der Waals surface area contributed by atoms with Gasteiger partial charge >= 0.3 is 12.1 Å². The Labute approximate surface area is 247 Å². The lowest BCUT2D eigenvalue weighted by molar-refractivity contribution is -0.143. The summed E-state index contributed by atoms with van der Waals surface area (Å²) in [7, 11) is 0. The molecule has 0 radical (unpaired) electrons. The van der Waals surface area contributed by atoms with Crippen molar-refractivity contribution < 1.29 is 43.3 Å². The number of pyridine rings is 1. The minimum absolute atomic E-state index is 0.0990. The Kier molecular flexibility index (Phi) is 10.1. The highest BCUT2D eigenvalue weighted by molar-refractivity contribution is 6.00. The van der Waals surface area contributed by atoms with Gasteiger partial charge < -0.3 is 29.7 Å². The van der Waals surface area contributed by atoms with Gasteiger partial charge in [0.15, 0.2) is 6.61 Å². The molecule has 0 bridgehead atoms. The second-order valence-electron chi connectivity index (χ2n) is 10.3. The van der Waals surface area contributed by atoms with Crippen LogP contribution in [0.25, 0.3) is 10.9 Å². The molecule has 230 valence electrons.